The van der Waals surface area contributed by atoms with Crippen molar-refractivity contribution in [2.75, 3.05) is 6.61 Å². The molecule has 0 saturated carbocycles. The van der Waals surface area contributed by atoms with Gasteiger partial charge in [0.25, 0.3) is 0 Å². The maximum absolute atomic E-state index is 11.9. The lowest BCUT2D eigenvalue weighted by atomic mass is 10.2. The van der Waals surface area contributed by atoms with Gasteiger partial charge in [-0.3, -0.25) is 4.98 Å². The van der Waals surface area contributed by atoms with Crippen molar-refractivity contribution >= 4 is 17.9 Å². The maximum atomic E-state index is 11.9. The predicted molar refractivity (Wildman–Crippen MR) is 82.5 cm³/mol. The Kier molecular flexibility index (Phi) is 3.96. The largest absolute Gasteiger partial charge is 0.494 e. The van der Waals surface area contributed by atoms with Crippen molar-refractivity contribution in [1.29, 1.82) is 0 Å². The van der Waals surface area contributed by atoms with Gasteiger partial charge in [0.15, 0.2) is 5.70 Å². The van der Waals surface area contributed by atoms with Gasteiger partial charge in [-0.2, -0.15) is 0 Å². The van der Waals surface area contributed by atoms with Crippen LogP contribution in [0.2, 0.25) is 0 Å². The van der Waals surface area contributed by atoms with Crippen LogP contribution in [0.1, 0.15) is 18.1 Å². The first-order valence-electron chi connectivity index (χ1n) is 6.92. The van der Waals surface area contributed by atoms with E-state index in [9.17, 15) is 4.79 Å². The third-order valence-corrected chi connectivity index (χ3v) is 3.04. The van der Waals surface area contributed by atoms with Crippen LogP contribution < -0.4 is 4.74 Å². The van der Waals surface area contributed by atoms with Crippen LogP contribution in [0.25, 0.3) is 6.08 Å². The molecule has 0 amide bonds. The number of esters is 1. The number of aliphatic imine (C=N–C) groups is 1. The third kappa shape index (κ3) is 3.03. The van der Waals surface area contributed by atoms with Crippen LogP contribution in [0.15, 0.2) is 59.5 Å². The summed E-state index contributed by atoms with van der Waals surface area (Å²) in [6.07, 6.45) is 4.94. The molecule has 2 aromatic rings. The molecule has 110 valence electrons. The molecule has 0 atom stereocenters. The lowest BCUT2D eigenvalue weighted by molar-refractivity contribution is -0.129. The van der Waals surface area contributed by atoms with Crippen molar-refractivity contribution in [3.05, 3.63) is 65.6 Å². The first kappa shape index (κ1) is 14.0. The van der Waals surface area contributed by atoms with Crippen LogP contribution in [-0.2, 0) is 9.53 Å². The highest BCUT2D eigenvalue weighted by Crippen LogP contribution is 2.20. The molecule has 1 aliphatic rings. The molecule has 0 unspecified atom stereocenters. The Morgan fingerprint density at radius 3 is 2.55 bits per heavy atom. The van der Waals surface area contributed by atoms with E-state index >= 15 is 0 Å². The molecule has 0 N–H and O–H groups in total. The van der Waals surface area contributed by atoms with Crippen molar-refractivity contribution < 1.29 is 14.3 Å². The smallest absolute Gasteiger partial charge is 0.363 e. The first-order valence-corrected chi connectivity index (χ1v) is 6.92. The van der Waals surface area contributed by atoms with E-state index < -0.39 is 5.97 Å². The van der Waals surface area contributed by atoms with Crippen LogP contribution in [0.5, 0.6) is 5.75 Å². The molecule has 2 heterocycles. The second-order valence-electron chi connectivity index (χ2n) is 4.57. The Bertz CT molecular complexity index is 734. The normalized spacial score (nSPS) is 15.6. The minimum Gasteiger partial charge on any atom is -0.494 e. The number of pyridine rings is 1. The van der Waals surface area contributed by atoms with E-state index in [1.54, 1.807) is 30.6 Å². The van der Waals surface area contributed by atoms with Gasteiger partial charge in [0, 0.05) is 18.0 Å². The minimum atomic E-state index is -0.458. The molecule has 5 nitrogen and oxygen atoms in total. The second kappa shape index (κ2) is 6.22. The van der Waals surface area contributed by atoms with E-state index in [2.05, 4.69) is 9.98 Å². The lowest BCUT2D eigenvalue weighted by Crippen LogP contribution is -2.05. The fourth-order valence-corrected chi connectivity index (χ4v) is 2.01. The number of rotatable bonds is 4. The standard InChI is InChI=1S/C17H14N2O3/c1-2-21-14-5-3-12(4-6-14)11-15-17(20)22-16(19-15)13-7-9-18-10-8-13/h3-11H,2H2,1H3/b15-11+. The highest BCUT2D eigenvalue weighted by atomic mass is 16.6. The molecule has 1 aromatic heterocycles. The average Bonchev–Trinajstić information content (AvgIpc) is 2.91. The fraction of sp³-hybridized carbons (Fsp3) is 0.118. The molecule has 1 aliphatic heterocycles. The summed E-state index contributed by atoms with van der Waals surface area (Å²) in [6.45, 7) is 2.55. The fourth-order valence-electron chi connectivity index (χ4n) is 2.01. The van der Waals surface area contributed by atoms with Crippen molar-refractivity contribution in [2.24, 2.45) is 4.99 Å². The van der Waals surface area contributed by atoms with Gasteiger partial charge in [-0.25, -0.2) is 9.79 Å². The van der Waals surface area contributed by atoms with E-state index in [4.69, 9.17) is 9.47 Å². The number of hydrogen-bond donors (Lipinski definition) is 0. The Labute approximate surface area is 127 Å². The van der Waals surface area contributed by atoms with E-state index in [1.807, 2.05) is 31.2 Å². The second-order valence-corrected chi connectivity index (χ2v) is 4.57. The van der Waals surface area contributed by atoms with Crippen LogP contribution in [0, 0.1) is 0 Å². The first-order chi connectivity index (χ1) is 10.8. The molecular weight excluding hydrogens is 280 g/mol. The maximum Gasteiger partial charge on any atom is 0.363 e. The molecule has 3 rings (SSSR count). The zero-order chi connectivity index (χ0) is 15.4. The monoisotopic (exact) mass is 294 g/mol. The summed E-state index contributed by atoms with van der Waals surface area (Å²) < 4.78 is 10.6. The van der Waals surface area contributed by atoms with Gasteiger partial charge < -0.3 is 9.47 Å². The number of carbonyl (C=O) groups excluding carboxylic acids is 1. The molecule has 0 fully saturated rings. The summed E-state index contributed by atoms with van der Waals surface area (Å²) in [5.41, 5.74) is 1.85. The van der Waals surface area contributed by atoms with Gasteiger partial charge in [-0.15, -0.1) is 0 Å². The summed E-state index contributed by atoms with van der Waals surface area (Å²) in [7, 11) is 0. The summed E-state index contributed by atoms with van der Waals surface area (Å²) in [6, 6.07) is 10.9. The van der Waals surface area contributed by atoms with Gasteiger partial charge in [0.05, 0.1) is 6.61 Å². The molecule has 22 heavy (non-hydrogen) atoms. The molecule has 1 aromatic carbocycles. The van der Waals surface area contributed by atoms with Crippen LogP contribution in [0.3, 0.4) is 0 Å². The van der Waals surface area contributed by atoms with Crippen molar-refractivity contribution in [3.8, 4) is 5.75 Å². The van der Waals surface area contributed by atoms with E-state index in [1.165, 1.54) is 0 Å². The molecule has 0 saturated heterocycles. The van der Waals surface area contributed by atoms with Crippen LogP contribution in [0.4, 0.5) is 0 Å². The lowest BCUT2D eigenvalue weighted by Gasteiger charge is -2.02. The number of ether oxygens (including phenoxy) is 2. The van der Waals surface area contributed by atoms with Gasteiger partial charge in [0.1, 0.15) is 5.75 Å². The van der Waals surface area contributed by atoms with E-state index in [0.717, 1.165) is 16.9 Å². The Morgan fingerprint density at radius 2 is 1.86 bits per heavy atom. The number of cyclic esters (lactones) is 1. The van der Waals surface area contributed by atoms with Gasteiger partial charge in [-0.1, -0.05) is 12.1 Å². The van der Waals surface area contributed by atoms with E-state index in [-0.39, 0.29) is 5.70 Å². The highest BCUT2D eigenvalue weighted by Gasteiger charge is 2.23. The summed E-state index contributed by atoms with van der Waals surface area (Å²) in [4.78, 5) is 20.1. The molecule has 0 bridgehead atoms. The number of hydrogen-bond acceptors (Lipinski definition) is 5. The van der Waals surface area contributed by atoms with Crippen molar-refractivity contribution in [3.63, 3.8) is 0 Å². The minimum absolute atomic E-state index is 0.274. The van der Waals surface area contributed by atoms with Gasteiger partial charge in [-0.05, 0) is 42.8 Å². The van der Waals surface area contributed by atoms with Crippen molar-refractivity contribution in [2.45, 2.75) is 6.92 Å². The highest BCUT2D eigenvalue weighted by molar-refractivity contribution is 6.12. The Hall–Kier alpha value is -2.95. The number of carbonyl (C=O) groups is 1. The third-order valence-electron chi connectivity index (χ3n) is 3.04. The van der Waals surface area contributed by atoms with Crippen LogP contribution in [-0.4, -0.2) is 23.5 Å². The van der Waals surface area contributed by atoms with Gasteiger partial charge >= 0.3 is 5.97 Å². The molecule has 5 heteroatoms. The van der Waals surface area contributed by atoms with Crippen molar-refractivity contribution in [1.82, 2.24) is 4.98 Å². The van der Waals surface area contributed by atoms with E-state index in [0.29, 0.717) is 12.5 Å². The summed E-state index contributed by atoms with van der Waals surface area (Å²) in [5.74, 6) is 0.630. The molecule has 0 radical (unpaired) electrons. The summed E-state index contributed by atoms with van der Waals surface area (Å²) in [5, 5.41) is 0. The average molecular weight is 294 g/mol. The number of aromatic nitrogens is 1. The SMILES string of the molecule is CCOc1ccc(/C=C2/N=C(c3ccncc3)OC2=O)cc1. The quantitative estimate of drug-likeness (QED) is 0.642. The van der Waals surface area contributed by atoms with Gasteiger partial charge in [0.2, 0.25) is 5.90 Å². The molecule has 0 spiro atoms. The summed E-state index contributed by atoms with van der Waals surface area (Å²) >= 11 is 0. The molecular formula is C17H14N2O3. The molecule has 0 aliphatic carbocycles. The van der Waals surface area contributed by atoms with Crippen LogP contribution >= 0.6 is 0 Å². The number of benzene rings is 1. The Balaban J connectivity index is 1.84. The topological polar surface area (TPSA) is 60.8 Å². The predicted octanol–water partition coefficient (Wildman–Crippen LogP) is 2.82. The zero-order valence-electron chi connectivity index (χ0n) is 12.0. The number of nitrogens with zero attached hydrogens (tertiary/aromatic N) is 2. The Morgan fingerprint density at radius 1 is 1.14 bits per heavy atom. The zero-order valence-corrected chi connectivity index (χ0v) is 12.0.